The quantitative estimate of drug-likeness (QED) is 0.466. The van der Waals surface area contributed by atoms with Crippen molar-refractivity contribution in [3.8, 4) is 0 Å². The lowest BCUT2D eigenvalue weighted by Crippen LogP contribution is -1.85. The van der Waals surface area contributed by atoms with Gasteiger partial charge in [-0.15, -0.1) is 0 Å². The third kappa shape index (κ3) is 1.24. The number of nitrogens with zero attached hydrogens (tertiary/aromatic N) is 3. The van der Waals surface area contributed by atoms with Crippen LogP contribution in [0.2, 0.25) is 0 Å². The Hall–Kier alpha value is -2.88. The van der Waals surface area contributed by atoms with Crippen molar-refractivity contribution in [1.29, 1.82) is 0 Å². The molecule has 21 heavy (non-hydrogen) atoms. The monoisotopic (exact) mass is 272 g/mol. The summed E-state index contributed by atoms with van der Waals surface area (Å²) in [5.74, 6) is 0. The molecule has 1 N–H and O–H groups in total. The van der Waals surface area contributed by atoms with Crippen molar-refractivity contribution >= 4 is 43.6 Å². The smallest absolute Gasteiger partial charge is 0.0567 e. The fourth-order valence-electron chi connectivity index (χ4n) is 3.35. The number of aryl methyl sites for hydroxylation is 1. The largest absolute Gasteiger partial charge is 0.354 e. The maximum atomic E-state index is 4.30. The zero-order valence-electron chi connectivity index (χ0n) is 11.5. The van der Waals surface area contributed by atoms with Gasteiger partial charge in [-0.2, -0.15) is 0 Å². The second-order valence-corrected chi connectivity index (χ2v) is 5.38. The summed E-state index contributed by atoms with van der Waals surface area (Å²) >= 11 is 0. The Morgan fingerprint density at radius 3 is 2.57 bits per heavy atom. The molecule has 0 unspecified atom stereocenters. The highest BCUT2D eigenvalue weighted by Crippen LogP contribution is 2.35. The highest BCUT2D eigenvalue weighted by Gasteiger charge is 2.14. The summed E-state index contributed by atoms with van der Waals surface area (Å²) < 4.78 is 2.22. The van der Waals surface area contributed by atoms with E-state index in [1.165, 1.54) is 27.2 Å². The lowest BCUT2D eigenvalue weighted by atomic mass is 10.1. The van der Waals surface area contributed by atoms with E-state index in [2.05, 4.69) is 44.8 Å². The Kier molecular flexibility index (Phi) is 1.86. The second kappa shape index (κ2) is 3.61. The molecule has 4 heterocycles. The molecule has 0 spiro atoms. The molecule has 5 aromatic rings. The second-order valence-electron chi connectivity index (χ2n) is 5.38. The molecule has 0 radical (unpaired) electrons. The normalized spacial score (nSPS) is 12.0. The lowest BCUT2D eigenvalue weighted by Gasteiger charge is -1.97. The standard InChI is InChI=1S/C17H12N4/c1-21-14-5-7-19-9-12(14)16-15(21)3-2-10-11-8-18-6-4-13(11)20-17(10)16/h2-9,20H,1H3. The molecule has 4 heteroatoms. The van der Waals surface area contributed by atoms with Gasteiger partial charge in [0.25, 0.3) is 0 Å². The number of hydrogen-bond acceptors (Lipinski definition) is 2. The predicted octanol–water partition coefficient (Wildman–Crippen LogP) is 3.76. The zero-order chi connectivity index (χ0) is 14.0. The first-order valence-corrected chi connectivity index (χ1v) is 6.91. The van der Waals surface area contributed by atoms with E-state index < -0.39 is 0 Å². The Balaban J connectivity index is 2.16. The third-order valence-electron chi connectivity index (χ3n) is 4.34. The first-order valence-electron chi connectivity index (χ1n) is 6.91. The molecule has 100 valence electrons. The van der Waals surface area contributed by atoms with E-state index in [-0.39, 0.29) is 0 Å². The van der Waals surface area contributed by atoms with Gasteiger partial charge >= 0.3 is 0 Å². The molecular formula is C17H12N4. The van der Waals surface area contributed by atoms with Gasteiger partial charge in [0.2, 0.25) is 0 Å². The molecule has 0 amide bonds. The predicted molar refractivity (Wildman–Crippen MR) is 85.4 cm³/mol. The van der Waals surface area contributed by atoms with Crippen LogP contribution in [0.5, 0.6) is 0 Å². The van der Waals surface area contributed by atoms with E-state index in [0.717, 1.165) is 16.4 Å². The summed E-state index contributed by atoms with van der Waals surface area (Å²) in [4.78, 5) is 12.1. The maximum Gasteiger partial charge on any atom is 0.0567 e. The number of nitrogens with one attached hydrogen (secondary N) is 1. The van der Waals surface area contributed by atoms with Gasteiger partial charge in [0.05, 0.1) is 16.6 Å². The molecule has 4 nitrogen and oxygen atoms in total. The van der Waals surface area contributed by atoms with Crippen LogP contribution in [-0.4, -0.2) is 19.5 Å². The van der Waals surface area contributed by atoms with Crippen molar-refractivity contribution in [2.45, 2.75) is 0 Å². The third-order valence-corrected chi connectivity index (χ3v) is 4.34. The van der Waals surface area contributed by atoms with Gasteiger partial charge in [-0.05, 0) is 18.2 Å². The van der Waals surface area contributed by atoms with Crippen molar-refractivity contribution in [1.82, 2.24) is 19.5 Å². The van der Waals surface area contributed by atoms with E-state index in [0.29, 0.717) is 0 Å². The van der Waals surface area contributed by atoms with E-state index >= 15 is 0 Å². The Labute approximate surface area is 120 Å². The number of hydrogen-bond donors (Lipinski definition) is 1. The number of H-pyrrole nitrogens is 1. The van der Waals surface area contributed by atoms with Crippen LogP contribution in [0.15, 0.2) is 49.1 Å². The first kappa shape index (κ1) is 10.9. The molecule has 0 fully saturated rings. The molecule has 0 aliphatic rings. The molecule has 5 rings (SSSR count). The minimum Gasteiger partial charge on any atom is -0.354 e. The zero-order valence-corrected chi connectivity index (χ0v) is 11.5. The summed E-state index contributed by atoms with van der Waals surface area (Å²) in [6.07, 6.45) is 7.53. The Morgan fingerprint density at radius 2 is 1.67 bits per heavy atom. The van der Waals surface area contributed by atoms with Gasteiger partial charge in [0.15, 0.2) is 0 Å². The summed E-state index contributed by atoms with van der Waals surface area (Å²) in [5, 5.41) is 4.78. The van der Waals surface area contributed by atoms with Crippen LogP contribution in [0, 0.1) is 0 Å². The van der Waals surface area contributed by atoms with Crippen molar-refractivity contribution < 1.29 is 0 Å². The SMILES string of the molecule is Cn1c2ccncc2c2c3[nH]c4ccncc4c3ccc21. The molecule has 0 atom stereocenters. The fraction of sp³-hybridized carbons (Fsp3) is 0.0588. The van der Waals surface area contributed by atoms with Gasteiger partial charge < -0.3 is 9.55 Å². The molecule has 0 aliphatic carbocycles. The molecule has 0 aliphatic heterocycles. The van der Waals surface area contributed by atoms with Gasteiger partial charge in [-0.25, -0.2) is 0 Å². The van der Waals surface area contributed by atoms with E-state index in [4.69, 9.17) is 0 Å². The van der Waals surface area contributed by atoms with Crippen LogP contribution in [0.4, 0.5) is 0 Å². The van der Waals surface area contributed by atoms with Gasteiger partial charge in [-0.1, -0.05) is 6.07 Å². The van der Waals surface area contributed by atoms with E-state index in [1.807, 2.05) is 30.9 Å². The minimum atomic E-state index is 1.12. The Morgan fingerprint density at radius 1 is 0.857 bits per heavy atom. The van der Waals surface area contributed by atoms with Crippen LogP contribution < -0.4 is 0 Å². The molecule has 0 saturated heterocycles. The molecule has 1 aromatic carbocycles. The number of aromatic amines is 1. The summed E-state index contributed by atoms with van der Waals surface area (Å²) in [7, 11) is 2.10. The summed E-state index contributed by atoms with van der Waals surface area (Å²) in [6, 6.07) is 8.43. The van der Waals surface area contributed by atoms with Gasteiger partial charge in [0.1, 0.15) is 0 Å². The lowest BCUT2D eigenvalue weighted by molar-refractivity contribution is 1.01. The van der Waals surface area contributed by atoms with Crippen LogP contribution in [0.25, 0.3) is 43.6 Å². The van der Waals surface area contributed by atoms with Crippen molar-refractivity contribution in [2.24, 2.45) is 7.05 Å². The van der Waals surface area contributed by atoms with Gasteiger partial charge in [-0.3, -0.25) is 9.97 Å². The average Bonchev–Trinajstić information content (AvgIpc) is 3.04. The highest BCUT2D eigenvalue weighted by atomic mass is 14.9. The van der Waals surface area contributed by atoms with Crippen LogP contribution >= 0.6 is 0 Å². The first-order chi connectivity index (χ1) is 10.3. The van der Waals surface area contributed by atoms with Crippen LogP contribution in [0.3, 0.4) is 0 Å². The number of aromatic nitrogens is 4. The number of rotatable bonds is 0. The summed E-state index contributed by atoms with van der Waals surface area (Å²) in [5.41, 5.74) is 4.69. The highest BCUT2D eigenvalue weighted by molar-refractivity contribution is 6.24. The number of pyridine rings is 2. The topological polar surface area (TPSA) is 46.5 Å². The van der Waals surface area contributed by atoms with Crippen molar-refractivity contribution in [3.63, 3.8) is 0 Å². The van der Waals surface area contributed by atoms with E-state index in [1.54, 1.807) is 0 Å². The van der Waals surface area contributed by atoms with Crippen LogP contribution in [0.1, 0.15) is 0 Å². The molecule has 4 aromatic heterocycles. The maximum absolute atomic E-state index is 4.30. The molecular weight excluding hydrogens is 260 g/mol. The van der Waals surface area contributed by atoms with Gasteiger partial charge in [0, 0.05) is 58.9 Å². The molecule has 0 bridgehead atoms. The van der Waals surface area contributed by atoms with Crippen molar-refractivity contribution in [3.05, 3.63) is 49.1 Å². The minimum absolute atomic E-state index is 1.12. The van der Waals surface area contributed by atoms with Crippen LogP contribution in [-0.2, 0) is 7.05 Å². The number of fused-ring (bicyclic) bond motifs is 7. The Bertz CT molecular complexity index is 1150. The summed E-state index contributed by atoms with van der Waals surface area (Å²) in [6.45, 7) is 0. The number of benzene rings is 1. The fourth-order valence-corrected chi connectivity index (χ4v) is 3.35. The molecule has 0 saturated carbocycles. The van der Waals surface area contributed by atoms with Crippen molar-refractivity contribution in [2.75, 3.05) is 0 Å². The average molecular weight is 272 g/mol. The van der Waals surface area contributed by atoms with E-state index in [9.17, 15) is 0 Å².